The Balaban J connectivity index is 3.86. The molecule has 0 aromatic carbocycles. The van der Waals surface area contributed by atoms with Crippen LogP contribution in [0.25, 0.3) is 0 Å². The van der Waals surface area contributed by atoms with Gasteiger partial charge in [0, 0.05) is 6.67 Å². The van der Waals surface area contributed by atoms with Crippen LogP contribution in [-0.4, -0.2) is 30.5 Å². The van der Waals surface area contributed by atoms with E-state index in [0.29, 0.717) is 0 Å². The van der Waals surface area contributed by atoms with Crippen molar-refractivity contribution in [3.05, 3.63) is 0 Å². The molecule has 12 heavy (non-hydrogen) atoms. The third-order valence-electron chi connectivity index (χ3n) is 1.25. The summed E-state index contributed by atoms with van der Waals surface area (Å²) in [5.74, 6) is 0. The first kappa shape index (κ1) is 12.3. The Morgan fingerprint density at radius 1 is 1.08 bits per heavy atom. The van der Waals surface area contributed by atoms with E-state index in [1.54, 1.807) is 0 Å². The molecule has 0 amide bonds. The summed E-state index contributed by atoms with van der Waals surface area (Å²) in [4.78, 5) is 3.41. The average molecular weight is 206 g/mol. The van der Waals surface area contributed by atoms with E-state index in [0.717, 1.165) is 6.67 Å². The molecule has 0 aromatic heterocycles. The highest BCUT2D eigenvalue weighted by atomic mass is 28.4. The predicted molar refractivity (Wildman–Crippen MR) is 59.0 cm³/mol. The Bertz CT molecular complexity index is 134. The lowest BCUT2D eigenvalue weighted by atomic mass is 11.1. The minimum Gasteiger partial charge on any atom is -0.445 e. The molecule has 74 valence electrons. The van der Waals surface area contributed by atoms with E-state index >= 15 is 0 Å². The second kappa shape index (κ2) is 4.52. The first-order valence-corrected chi connectivity index (χ1v) is 10.7. The largest absolute Gasteiger partial charge is 0.445 e. The van der Waals surface area contributed by atoms with Crippen LogP contribution in [0.1, 0.15) is 0 Å². The highest BCUT2D eigenvalue weighted by Crippen LogP contribution is 2.10. The zero-order valence-electron chi connectivity index (χ0n) is 9.12. The van der Waals surface area contributed by atoms with E-state index < -0.39 is 16.8 Å². The van der Waals surface area contributed by atoms with Crippen molar-refractivity contribution < 1.29 is 4.12 Å². The molecule has 0 aromatic rings. The number of nitrogens with one attached hydrogen (secondary N) is 2. The maximum Gasteiger partial charge on any atom is 0.252 e. The SMILES string of the molecule is CNCN[Si](C)(C)O[Si](C)(C)C. The van der Waals surface area contributed by atoms with Gasteiger partial charge in [-0.25, -0.2) is 0 Å². The predicted octanol–water partition coefficient (Wildman–Crippen LogP) is 1.31. The molecule has 0 unspecified atom stereocenters. The fraction of sp³-hybridized carbons (Fsp3) is 1.00. The summed E-state index contributed by atoms with van der Waals surface area (Å²) in [6.07, 6.45) is 0. The molecule has 0 saturated heterocycles. The topological polar surface area (TPSA) is 33.3 Å². The van der Waals surface area contributed by atoms with E-state index in [1.807, 2.05) is 7.05 Å². The summed E-state index contributed by atoms with van der Waals surface area (Å²) >= 11 is 0. The standard InChI is InChI=1S/C7H22N2OSi2/c1-8-7-9-12(5,6)10-11(2,3)4/h8-9H,7H2,1-6H3. The highest BCUT2D eigenvalue weighted by Gasteiger charge is 2.28. The number of hydrogen-bond donors (Lipinski definition) is 2. The van der Waals surface area contributed by atoms with Gasteiger partial charge in [0.1, 0.15) is 0 Å². The summed E-state index contributed by atoms with van der Waals surface area (Å²) in [5.41, 5.74) is 0. The van der Waals surface area contributed by atoms with Crippen LogP contribution in [0.4, 0.5) is 0 Å². The van der Waals surface area contributed by atoms with Crippen LogP contribution in [0.15, 0.2) is 0 Å². The lowest BCUT2D eigenvalue weighted by molar-refractivity contribution is 0.520. The van der Waals surface area contributed by atoms with Crippen molar-refractivity contribution >= 4 is 16.8 Å². The fourth-order valence-corrected chi connectivity index (χ4v) is 8.12. The quantitative estimate of drug-likeness (QED) is 0.526. The molecule has 0 heterocycles. The van der Waals surface area contributed by atoms with Gasteiger partial charge in [-0.1, -0.05) is 0 Å². The van der Waals surface area contributed by atoms with Crippen molar-refractivity contribution in [3.8, 4) is 0 Å². The Morgan fingerprint density at radius 2 is 1.58 bits per heavy atom. The van der Waals surface area contributed by atoms with Gasteiger partial charge in [0.25, 0.3) is 8.48 Å². The van der Waals surface area contributed by atoms with Crippen LogP contribution in [-0.2, 0) is 4.12 Å². The van der Waals surface area contributed by atoms with Crippen molar-refractivity contribution in [1.82, 2.24) is 10.3 Å². The average Bonchev–Trinajstić information content (AvgIpc) is 1.78. The molecule has 0 fully saturated rings. The molecule has 5 heteroatoms. The monoisotopic (exact) mass is 206 g/mol. The van der Waals surface area contributed by atoms with Crippen molar-refractivity contribution in [2.24, 2.45) is 0 Å². The van der Waals surface area contributed by atoms with Gasteiger partial charge in [0.2, 0.25) is 0 Å². The maximum atomic E-state index is 6.05. The van der Waals surface area contributed by atoms with Crippen LogP contribution in [0.2, 0.25) is 32.7 Å². The van der Waals surface area contributed by atoms with Crippen LogP contribution < -0.4 is 10.3 Å². The summed E-state index contributed by atoms with van der Waals surface area (Å²) in [5, 5.41) is 3.07. The van der Waals surface area contributed by atoms with Gasteiger partial charge < -0.3 is 14.4 Å². The number of rotatable bonds is 5. The first-order valence-electron chi connectivity index (χ1n) is 4.37. The molecular formula is C7H22N2OSi2. The second-order valence-electron chi connectivity index (χ2n) is 4.43. The zero-order valence-corrected chi connectivity index (χ0v) is 11.1. The smallest absolute Gasteiger partial charge is 0.252 e. The summed E-state index contributed by atoms with van der Waals surface area (Å²) in [6.45, 7) is 11.9. The van der Waals surface area contributed by atoms with E-state index in [1.165, 1.54) is 0 Å². The van der Waals surface area contributed by atoms with Gasteiger partial charge in [-0.15, -0.1) is 0 Å². The van der Waals surface area contributed by atoms with Crippen LogP contribution in [0.3, 0.4) is 0 Å². The summed E-state index contributed by atoms with van der Waals surface area (Å²) in [7, 11) is -1.05. The molecule has 0 saturated carbocycles. The van der Waals surface area contributed by atoms with E-state index in [9.17, 15) is 0 Å². The van der Waals surface area contributed by atoms with Gasteiger partial charge in [0.05, 0.1) is 0 Å². The first-order chi connectivity index (χ1) is 5.27. The second-order valence-corrected chi connectivity index (χ2v) is 12.8. The molecular weight excluding hydrogens is 184 g/mol. The number of hydrogen-bond acceptors (Lipinski definition) is 3. The lowest BCUT2D eigenvalue weighted by Gasteiger charge is -2.31. The summed E-state index contributed by atoms with van der Waals surface area (Å²) in [6, 6.07) is 0. The zero-order chi connectivity index (χ0) is 9.83. The fourth-order valence-electron chi connectivity index (χ4n) is 1.10. The molecule has 0 rings (SSSR count). The van der Waals surface area contributed by atoms with E-state index in [2.05, 4.69) is 43.0 Å². The van der Waals surface area contributed by atoms with Gasteiger partial charge in [-0.2, -0.15) is 0 Å². The van der Waals surface area contributed by atoms with Gasteiger partial charge in [-0.05, 0) is 39.8 Å². The van der Waals surface area contributed by atoms with Gasteiger partial charge in [0.15, 0.2) is 8.32 Å². The molecule has 0 aliphatic rings. The highest BCUT2D eigenvalue weighted by molar-refractivity contribution is 6.83. The Hall–Kier alpha value is 0.314. The van der Waals surface area contributed by atoms with E-state index in [4.69, 9.17) is 4.12 Å². The van der Waals surface area contributed by atoms with Crippen molar-refractivity contribution in [2.75, 3.05) is 13.7 Å². The molecule has 0 bridgehead atoms. The van der Waals surface area contributed by atoms with E-state index in [-0.39, 0.29) is 0 Å². The van der Waals surface area contributed by atoms with Crippen molar-refractivity contribution in [1.29, 1.82) is 0 Å². The van der Waals surface area contributed by atoms with Crippen LogP contribution in [0, 0.1) is 0 Å². The van der Waals surface area contributed by atoms with Crippen molar-refractivity contribution in [3.63, 3.8) is 0 Å². The molecule has 0 aliphatic carbocycles. The Labute approximate surface area is 78.2 Å². The third-order valence-corrected chi connectivity index (χ3v) is 6.77. The minimum absolute atomic E-state index is 0.837. The molecule has 0 spiro atoms. The van der Waals surface area contributed by atoms with Crippen molar-refractivity contribution in [2.45, 2.75) is 32.7 Å². The van der Waals surface area contributed by atoms with Gasteiger partial charge in [-0.3, -0.25) is 0 Å². The normalized spacial score (nSPS) is 13.5. The molecule has 0 radical (unpaired) electrons. The minimum atomic E-state index is -1.61. The summed E-state index contributed by atoms with van der Waals surface area (Å²) < 4.78 is 6.05. The molecule has 3 nitrogen and oxygen atoms in total. The Morgan fingerprint density at radius 3 is 1.92 bits per heavy atom. The van der Waals surface area contributed by atoms with Crippen LogP contribution >= 0.6 is 0 Å². The van der Waals surface area contributed by atoms with Crippen LogP contribution in [0.5, 0.6) is 0 Å². The lowest BCUT2D eigenvalue weighted by Crippen LogP contribution is -2.55. The van der Waals surface area contributed by atoms with Gasteiger partial charge >= 0.3 is 0 Å². The maximum absolute atomic E-state index is 6.05. The third kappa shape index (κ3) is 6.99. The Kier molecular flexibility index (Phi) is 4.64. The molecule has 0 atom stereocenters. The molecule has 2 N–H and O–H groups in total. The molecule has 0 aliphatic heterocycles.